The molecule has 1 rings (SSSR count). The Hall–Kier alpha value is -1.75. The first-order valence-corrected chi connectivity index (χ1v) is 4.40. The lowest BCUT2D eigenvalue weighted by Crippen LogP contribution is -1.91. The minimum atomic E-state index is 0.864. The van der Waals surface area contributed by atoms with E-state index in [1.165, 1.54) is 11.6 Å². The van der Waals surface area contributed by atoms with E-state index in [9.17, 15) is 0 Å². The topological polar surface area (TPSA) is 33.0 Å². The van der Waals surface area contributed by atoms with E-state index >= 15 is 0 Å². The molecular formula is C12H13NO. The molecule has 0 amide bonds. The Labute approximate surface area is 84.4 Å². The lowest BCUT2D eigenvalue weighted by atomic mass is 10.0. The predicted molar refractivity (Wildman–Crippen MR) is 57.1 cm³/mol. The first-order valence-electron chi connectivity index (χ1n) is 4.40. The zero-order valence-corrected chi connectivity index (χ0v) is 8.66. The summed E-state index contributed by atoms with van der Waals surface area (Å²) in [7, 11) is 1.65. The molecule has 0 bridgehead atoms. The molecule has 0 saturated heterocycles. The molecule has 72 valence electrons. The highest BCUT2D eigenvalue weighted by atomic mass is 16.5. The number of hydrogen-bond acceptors (Lipinski definition) is 2. The van der Waals surface area contributed by atoms with Crippen LogP contribution in [-0.2, 0) is 0 Å². The van der Waals surface area contributed by atoms with Gasteiger partial charge in [0.25, 0.3) is 0 Å². The Morgan fingerprint density at radius 2 is 2.07 bits per heavy atom. The van der Waals surface area contributed by atoms with Crippen molar-refractivity contribution in [3.05, 3.63) is 34.9 Å². The second-order valence-corrected chi connectivity index (χ2v) is 3.13. The van der Waals surface area contributed by atoms with Crippen LogP contribution in [0.2, 0.25) is 0 Å². The van der Waals surface area contributed by atoms with Gasteiger partial charge in [0.1, 0.15) is 5.75 Å². The maximum absolute atomic E-state index is 8.41. The molecule has 0 radical (unpaired) electrons. The van der Waals surface area contributed by atoms with Crippen molar-refractivity contribution in [2.45, 2.75) is 13.8 Å². The second-order valence-electron chi connectivity index (χ2n) is 3.13. The van der Waals surface area contributed by atoms with Crippen molar-refractivity contribution < 1.29 is 4.74 Å². The molecule has 0 aromatic heterocycles. The van der Waals surface area contributed by atoms with Crippen molar-refractivity contribution in [2.24, 2.45) is 0 Å². The molecule has 0 aliphatic carbocycles. The van der Waals surface area contributed by atoms with Gasteiger partial charge in [-0.3, -0.25) is 0 Å². The van der Waals surface area contributed by atoms with Crippen LogP contribution in [0.25, 0.3) is 6.08 Å². The summed E-state index contributed by atoms with van der Waals surface area (Å²) < 4.78 is 5.23. The van der Waals surface area contributed by atoms with E-state index in [0.29, 0.717) is 0 Å². The minimum Gasteiger partial charge on any atom is -0.496 e. The average Bonchev–Trinajstić information content (AvgIpc) is 2.19. The van der Waals surface area contributed by atoms with E-state index in [4.69, 9.17) is 10.00 Å². The number of nitriles is 1. The zero-order chi connectivity index (χ0) is 10.6. The Balaban J connectivity index is 3.17. The fourth-order valence-corrected chi connectivity index (χ4v) is 1.30. The highest BCUT2D eigenvalue weighted by Gasteiger charge is 2.02. The van der Waals surface area contributed by atoms with E-state index in [1.54, 1.807) is 13.2 Å². The lowest BCUT2D eigenvalue weighted by molar-refractivity contribution is 0.411. The highest BCUT2D eigenvalue weighted by molar-refractivity contribution is 5.57. The Morgan fingerprint density at radius 3 is 2.64 bits per heavy atom. The summed E-state index contributed by atoms with van der Waals surface area (Å²) in [5, 5.41) is 8.41. The SMILES string of the molecule is COc1cc(/C=C/C#N)cc(C)c1C. The fourth-order valence-electron chi connectivity index (χ4n) is 1.30. The van der Waals surface area contributed by atoms with E-state index in [-0.39, 0.29) is 0 Å². The monoisotopic (exact) mass is 187 g/mol. The average molecular weight is 187 g/mol. The van der Waals surface area contributed by atoms with Crippen LogP contribution in [-0.4, -0.2) is 7.11 Å². The van der Waals surface area contributed by atoms with Crippen LogP contribution in [0.3, 0.4) is 0 Å². The number of benzene rings is 1. The molecule has 0 aliphatic heterocycles. The summed E-state index contributed by atoms with van der Waals surface area (Å²) in [4.78, 5) is 0. The van der Waals surface area contributed by atoms with Crippen molar-refractivity contribution in [3.63, 3.8) is 0 Å². The predicted octanol–water partition coefficient (Wildman–Crippen LogP) is 2.85. The molecule has 0 unspecified atom stereocenters. The number of aryl methyl sites for hydroxylation is 1. The van der Waals surface area contributed by atoms with E-state index in [2.05, 4.69) is 0 Å². The molecular weight excluding hydrogens is 174 g/mol. The number of allylic oxidation sites excluding steroid dienone is 1. The second kappa shape index (κ2) is 4.48. The summed E-state index contributed by atoms with van der Waals surface area (Å²) in [6.45, 7) is 4.05. The van der Waals surface area contributed by atoms with Crippen molar-refractivity contribution in [1.29, 1.82) is 5.26 Å². The third-order valence-corrected chi connectivity index (χ3v) is 2.21. The van der Waals surface area contributed by atoms with Crippen LogP contribution < -0.4 is 4.74 Å². The molecule has 0 aliphatic rings. The van der Waals surface area contributed by atoms with Crippen molar-refractivity contribution in [2.75, 3.05) is 7.11 Å². The van der Waals surface area contributed by atoms with Crippen molar-refractivity contribution >= 4 is 6.08 Å². The third kappa shape index (κ3) is 2.14. The Kier molecular flexibility index (Phi) is 3.30. The van der Waals surface area contributed by atoms with E-state index < -0.39 is 0 Å². The Bertz CT molecular complexity index is 400. The first-order chi connectivity index (χ1) is 6.69. The molecule has 0 atom stereocenters. The minimum absolute atomic E-state index is 0.864. The van der Waals surface area contributed by atoms with Gasteiger partial charge in [-0.15, -0.1) is 0 Å². The van der Waals surface area contributed by atoms with Gasteiger partial charge in [0, 0.05) is 6.08 Å². The molecule has 0 saturated carbocycles. The number of hydrogen-bond donors (Lipinski definition) is 0. The van der Waals surface area contributed by atoms with Crippen LogP contribution in [0.4, 0.5) is 0 Å². The van der Waals surface area contributed by atoms with E-state index in [1.807, 2.05) is 32.0 Å². The number of methoxy groups -OCH3 is 1. The van der Waals surface area contributed by atoms with Crippen molar-refractivity contribution in [1.82, 2.24) is 0 Å². The van der Waals surface area contributed by atoms with Gasteiger partial charge in [-0.2, -0.15) is 5.26 Å². The van der Waals surface area contributed by atoms with Crippen LogP contribution in [0.5, 0.6) is 5.75 Å². The quantitative estimate of drug-likeness (QED) is 0.667. The van der Waals surface area contributed by atoms with Gasteiger partial charge in [-0.25, -0.2) is 0 Å². The number of ether oxygens (including phenoxy) is 1. The maximum atomic E-state index is 8.41. The van der Waals surface area contributed by atoms with Gasteiger partial charge in [0.2, 0.25) is 0 Å². The Morgan fingerprint density at radius 1 is 1.36 bits per heavy atom. The van der Waals surface area contributed by atoms with Crippen LogP contribution in [0.15, 0.2) is 18.2 Å². The molecule has 14 heavy (non-hydrogen) atoms. The summed E-state index contributed by atoms with van der Waals surface area (Å²) in [5.74, 6) is 0.864. The number of rotatable bonds is 2. The first kappa shape index (κ1) is 10.3. The third-order valence-electron chi connectivity index (χ3n) is 2.21. The van der Waals surface area contributed by atoms with Crippen LogP contribution in [0, 0.1) is 25.2 Å². The molecule has 0 spiro atoms. The molecule has 1 aromatic carbocycles. The summed E-state index contributed by atoms with van der Waals surface area (Å²) in [5.41, 5.74) is 3.30. The van der Waals surface area contributed by atoms with Crippen LogP contribution in [0.1, 0.15) is 16.7 Å². The van der Waals surface area contributed by atoms with Gasteiger partial charge in [0.05, 0.1) is 13.2 Å². The molecule has 0 N–H and O–H groups in total. The highest BCUT2D eigenvalue weighted by Crippen LogP contribution is 2.23. The summed E-state index contributed by atoms with van der Waals surface area (Å²) in [6.07, 6.45) is 3.23. The standard InChI is InChI=1S/C12H13NO/c1-9-7-11(5-4-6-13)8-12(14-3)10(9)2/h4-5,7-8H,1-3H3/b5-4+. The summed E-state index contributed by atoms with van der Waals surface area (Å²) in [6, 6.07) is 5.93. The van der Waals surface area contributed by atoms with Gasteiger partial charge in [0.15, 0.2) is 0 Å². The van der Waals surface area contributed by atoms with Crippen LogP contribution >= 0.6 is 0 Å². The fraction of sp³-hybridized carbons (Fsp3) is 0.250. The molecule has 2 nitrogen and oxygen atoms in total. The zero-order valence-electron chi connectivity index (χ0n) is 8.66. The molecule has 1 aromatic rings. The molecule has 2 heteroatoms. The van der Waals surface area contributed by atoms with Gasteiger partial charge in [-0.1, -0.05) is 6.07 Å². The smallest absolute Gasteiger partial charge is 0.122 e. The molecule has 0 fully saturated rings. The van der Waals surface area contributed by atoms with Gasteiger partial charge >= 0.3 is 0 Å². The van der Waals surface area contributed by atoms with Gasteiger partial charge in [-0.05, 0) is 42.7 Å². The van der Waals surface area contributed by atoms with Crippen molar-refractivity contribution in [3.8, 4) is 11.8 Å². The summed E-state index contributed by atoms with van der Waals surface area (Å²) >= 11 is 0. The van der Waals surface area contributed by atoms with E-state index in [0.717, 1.165) is 16.9 Å². The normalized spacial score (nSPS) is 10.1. The number of nitrogens with zero attached hydrogens (tertiary/aromatic N) is 1. The largest absolute Gasteiger partial charge is 0.496 e. The lowest BCUT2D eigenvalue weighted by Gasteiger charge is -2.08. The molecule has 0 heterocycles. The van der Waals surface area contributed by atoms with Gasteiger partial charge < -0.3 is 4.74 Å². The maximum Gasteiger partial charge on any atom is 0.122 e.